The van der Waals surface area contributed by atoms with E-state index in [1.807, 2.05) is 0 Å². The Labute approximate surface area is 182 Å². The van der Waals surface area contributed by atoms with Crippen LogP contribution in [0.4, 0.5) is 11.4 Å². The van der Waals surface area contributed by atoms with E-state index in [4.69, 9.17) is 4.74 Å². The Morgan fingerprint density at radius 2 is 1.87 bits per heavy atom. The third-order valence-corrected chi connectivity index (χ3v) is 7.00. The Morgan fingerprint density at radius 3 is 2.48 bits per heavy atom. The van der Waals surface area contributed by atoms with Gasteiger partial charge in [-0.1, -0.05) is 19.9 Å². The summed E-state index contributed by atoms with van der Waals surface area (Å²) in [5.74, 6) is -0.0450. The van der Waals surface area contributed by atoms with Crippen molar-refractivity contribution in [1.29, 1.82) is 0 Å². The van der Waals surface area contributed by atoms with Gasteiger partial charge in [0.2, 0.25) is 10.0 Å². The molecule has 31 heavy (non-hydrogen) atoms. The minimum absolute atomic E-state index is 0.0463. The predicted octanol–water partition coefficient (Wildman–Crippen LogP) is 2.88. The number of hydrogen-bond donors (Lipinski definition) is 1. The van der Waals surface area contributed by atoms with Gasteiger partial charge in [-0.2, -0.15) is 4.31 Å². The molecule has 0 bridgehead atoms. The van der Waals surface area contributed by atoms with E-state index in [-0.39, 0.29) is 17.4 Å². The Bertz CT molecular complexity index is 1090. The molecule has 164 valence electrons. The molecule has 9 heteroatoms. The van der Waals surface area contributed by atoms with Crippen LogP contribution >= 0.6 is 0 Å². The average molecular weight is 444 g/mol. The van der Waals surface area contributed by atoms with Crippen molar-refractivity contribution in [1.82, 2.24) is 4.31 Å². The average Bonchev–Trinajstić information content (AvgIpc) is 2.76. The smallest absolute Gasteiger partial charge is 0.265 e. The van der Waals surface area contributed by atoms with Gasteiger partial charge in [0.05, 0.1) is 10.6 Å². The number of hydrogen-bond acceptors (Lipinski definition) is 5. The zero-order chi connectivity index (χ0) is 22.6. The summed E-state index contributed by atoms with van der Waals surface area (Å²) in [6.45, 7) is 8.24. The lowest BCUT2D eigenvalue weighted by atomic mass is 10.1. The van der Waals surface area contributed by atoms with Crippen LogP contribution < -0.4 is 15.0 Å². The highest BCUT2D eigenvalue weighted by molar-refractivity contribution is 7.89. The predicted molar refractivity (Wildman–Crippen MR) is 119 cm³/mol. The van der Waals surface area contributed by atoms with Gasteiger partial charge in [-0.05, 0) is 42.5 Å². The van der Waals surface area contributed by atoms with Gasteiger partial charge in [0.25, 0.3) is 11.8 Å². The van der Waals surface area contributed by atoms with Crippen LogP contribution in [-0.4, -0.2) is 50.8 Å². The van der Waals surface area contributed by atoms with Gasteiger partial charge in [0.1, 0.15) is 5.75 Å². The highest BCUT2D eigenvalue weighted by Crippen LogP contribution is 2.34. The van der Waals surface area contributed by atoms with Crippen LogP contribution in [0.15, 0.2) is 60.0 Å². The van der Waals surface area contributed by atoms with Gasteiger partial charge in [0.15, 0.2) is 6.61 Å². The van der Waals surface area contributed by atoms with E-state index in [2.05, 4.69) is 11.9 Å². The number of carbonyl (C=O) groups is 2. The molecule has 0 aliphatic carbocycles. The first kappa shape index (κ1) is 22.5. The van der Waals surface area contributed by atoms with Crippen molar-refractivity contribution >= 4 is 33.2 Å². The molecule has 2 aromatic rings. The van der Waals surface area contributed by atoms with E-state index >= 15 is 0 Å². The molecule has 1 aliphatic heterocycles. The van der Waals surface area contributed by atoms with E-state index in [9.17, 15) is 18.0 Å². The number of nitrogens with one attached hydrogen (secondary N) is 1. The molecule has 0 saturated heterocycles. The van der Waals surface area contributed by atoms with Crippen LogP contribution in [0.2, 0.25) is 0 Å². The Hall–Kier alpha value is -3.17. The van der Waals surface area contributed by atoms with Gasteiger partial charge in [-0.25, -0.2) is 8.42 Å². The van der Waals surface area contributed by atoms with Crippen molar-refractivity contribution in [3.05, 3.63) is 60.7 Å². The molecule has 0 fully saturated rings. The van der Waals surface area contributed by atoms with Crippen molar-refractivity contribution in [2.45, 2.75) is 18.7 Å². The van der Waals surface area contributed by atoms with E-state index in [1.165, 1.54) is 33.5 Å². The molecule has 1 N–H and O–H groups in total. The summed E-state index contributed by atoms with van der Waals surface area (Å²) >= 11 is 0. The number of carbonyl (C=O) groups excluding carboxylic acids is 2. The van der Waals surface area contributed by atoms with Gasteiger partial charge in [-0.3, -0.25) is 9.59 Å². The van der Waals surface area contributed by atoms with Crippen LogP contribution in [0.1, 0.15) is 24.2 Å². The summed E-state index contributed by atoms with van der Waals surface area (Å²) in [6, 6.07) is 10.8. The molecule has 2 aromatic carbocycles. The van der Waals surface area contributed by atoms with E-state index in [0.717, 1.165) is 0 Å². The maximum Gasteiger partial charge on any atom is 0.265 e. The lowest BCUT2D eigenvalue weighted by Gasteiger charge is -2.28. The first-order chi connectivity index (χ1) is 14.8. The van der Waals surface area contributed by atoms with Crippen molar-refractivity contribution in [2.24, 2.45) is 0 Å². The minimum Gasteiger partial charge on any atom is -0.482 e. The van der Waals surface area contributed by atoms with Crippen molar-refractivity contribution in [3.8, 4) is 5.75 Å². The molecule has 0 unspecified atom stereocenters. The first-order valence-corrected chi connectivity index (χ1v) is 11.4. The molecule has 2 amide bonds. The van der Waals surface area contributed by atoms with Gasteiger partial charge >= 0.3 is 0 Å². The molecule has 0 atom stereocenters. The minimum atomic E-state index is -3.59. The fraction of sp³-hybridized carbons (Fsp3) is 0.273. The number of fused-ring (bicyclic) bond motifs is 1. The third-order valence-electron chi connectivity index (χ3n) is 4.93. The Morgan fingerprint density at radius 1 is 1.19 bits per heavy atom. The summed E-state index contributed by atoms with van der Waals surface area (Å²) in [4.78, 5) is 26.5. The second-order valence-electron chi connectivity index (χ2n) is 6.83. The van der Waals surface area contributed by atoms with E-state index < -0.39 is 15.9 Å². The van der Waals surface area contributed by atoms with E-state index in [1.54, 1.807) is 38.1 Å². The van der Waals surface area contributed by atoms with Crippen LogP contribution in [0.3, 0.4) is 0 Å². The highest BCUT2D eigenvalue weighted by Gasteiger charge is 2.25. The zero-order valence-corrected chi connectivity index (χ0v) is 18.3. The fourth-order valence-electron chi connectivity index (χ4n) is 3.30. The molecule has 0 saturated carbocycles. The number of nitrogens with zero attached hydrogens (tertiary/aromatic N) is 2. The van der Waals surface area contributed by atoms with Crippen molar-refractivity contribution in [3.63, 3.8) is 0 Å². The highest BCUT2D eigenvalue weighted by atomic mass is 32.2. The van der Waals surface area contributed by atoms with Crippen LogP contribution in [0.5, 0.6) is 5.75 Å². The Kier molecular flexibility index (Phi) is 6.77. The molecule has 1 aliphatic rings. The summed E-state index contributed by atoms with van der Waals surface area (Å²) in [5, 5.41) is 2.77. The maximum atomic E-state index is 12.7. The van der Waals surface area contributed by atoms with Gasteiger partial charge < -0.3 is 15.0 Å². The molecule has 0 radical (unpaired) electrons. The second kappa shape index (κ2) is 9.32. The van der Waals surface area contributed by atoms with E-state index in [0.29, 0.717) is 42.3 Å². The fourth-order valence-corrected chi connectivity index (χ4v) is 4.76. The van der Waals surface area contributed by atoms with Gasteiger partial charge in [0, 0.05) is 30.9 Å². The molecular formula is C22H25N3O5S. The Balaban J connectivity index is 1.79. The quantitative estimate of drug-likeness (QED) is 0.633. The molecule has 0 aromatic heterocycles. The SMILES string of the molecule is C=CCN1C(=O)COc2ccc(NC(=O)c3ccc(S(=O)(=O)N(CC)CC)cc3)cc21. The second-order valence-corrected chi connectivity index (χ2v) is 8.77. The number of rotatable bonds is 8. The van der Waals surface area contributed by atoms with Crippen molar-refractivity contribution in [2.75, 3.05) is 36.5 Å². The first-order valence-electron chi connectivity index (χ1n) is 9.91. The lowest BCUT2D eigenvalue weighted by Crippen LogP contribution is -2.38. The number of sulfonamides is 1. The van der Waals surface area contributed by atoms with Crippen LogP contribution in [0.25, 0.3) is 0 Å². The standard InChI is InChI=1S/C22H25N3O5S/c1-4-13-25-19-14-17(9-12-20(19)30-15-21(25)26)23-22(27)16-7-10-18(11-8-16)31(28,29)24(5-2)6-3/h4,7-12,14H,1,5-6,13,15H2,2-3H3,(H,23,27). The molecule has 3 rings (SSSR count). The number of anilines is 2. The third kappa shape index (κ3) is 4.62. The number of ether oxygens (including phenoxy) is 1. The summed E-state index contributed by atoms with van der Waals surface area (Å²) in [5.41, 5.74) is 1.34. The molecule has 1 heterocycles. The van der Waals surface area contributed by atoms with Gasteiger partial charge in [-0.15, -0.1) is 6.58 Å². The topological polar surface area (TPSA) is 96.0 Å². The van der Waals surface area contributed by atoms with Crippen molar-refractivity contribution < 1.29 is 22.7 Å². The largest absolute Gasteiger partial charge is 0.482 e. The number of amides is 2. The van der Waals surface area contributed by atoms with Crippen LogP contribution in [0, 0.1) is 0 Å². The summed E-state index contributed by atoms with van der Waals surface area (Å²) < 4.78 is 32.0. The maximum absolute atomic E-state index is 12.7. The van der Waals surface area contributed by atoms with Crippen LogP contribution in [-0.2, 0) is 14.8 Å². The molecular weight excluding hydrogens is 418 g/mol. The number of benzene rings is 2. The molecule has 0 spiro atoms. The summed E-state index contributed by atoms with van der Waals surface area (Å²) in [7, 11) is -3.59. The normalized spacial score (nSPS) is 13.5. The zero-order valence-electron chi connectivity index (χ0n) is 17.5. The monoisotopic (exact) mass is 443 g/mol. The summed E-state index contributed by atoms with van der Waals surface area (Å²) in [6.07, 6.45) is 1.62. The molecule has 8 nitrogen and oxygen atoms in total. The lowest BCUT2D eigenvalue weighted by molar-refractivity contribution is -0.121.